The molecule has 0 aliphatic carbocycles. The van der Waals surface area contributed by atoms with Gasteiger partial charge in [0.2, 0.25) is 17.7 Å². The minimum absolute atomic E-state index is 0.0943. The molecular formula is C15H25N3O4S. The summed E-state index contributed by atoms with van der Waals surface area (Å²) in [5, 5.41) is 2.68. The van der Waals surface area contributed by atoms with Gasteiger partial charge in [-0.3, -0.25) is 29.5 Å². The number of amides is 3. The summed E-state index contributed by atoms with van der Waals surface area (Å²) in [5.74, 6) is 4.93. The Labute approximate surface area is 140 Å². The molecule has 1 heterocycles. The Hall–Kier alpha value is -1.41. The second-order valence-corrected chi connectivity index (χ2v) is 8.05. The summed E-state index contributed by atoms with van der Waals surface area (Å²) in [7, 11) is 0. The molecule has 0 spiro atoms. The number of Topliss-reactive ketones (excluding diaryl/α,β-unsaturated/α-hetero) is 1. The zero-order valence-electron chi connectivity index (χ0n) is 14.0. The summed E-state index contributed by atoms with van der Waals surface area (Å²) >= 11 is 1.18. The zero-order chi connectivity index (χ0) is 17.8. The molecule has 1 aliphatic rings. The van der Waals surface area contributed by atoms with Gasteiger partial charge in [-0.25, -0.2) is 5.84 Å². The lowest BCUT2D eigenvalue weighted by molar-refractivity contribution is -0.140. The van der Waals surface area contributed by atoms with Crippen LogP contribution in [0.25, 0.3) is 0 Å². The molecule has 1 aliphatic heterocycles. The smallest absolute Gasteiger partial charge is 0.240 e. The Balaban J connectivity index is 2.72. The van der Waals surface area contributed by atoms with Crippen LogP contribution in [0.5, 0.6) is 0 Å². The normalized spacial score (nSPS) is 19.4. The topological polar surface area (TPSA) is 110 Å². The van der Waals surface area contributed by atoms with Crippen LogP contribution in [0.15, 0.2) is 0 Å². The van der Waals surface area contributed by atoms with Gasteiger partial charge in [-0.15, -0.1) is 11.8 Å². The number of carbonyl (C=O) groups excluding carboxylic acids is 4. The number of nitrogens with zero attached hydrogens (tertiary/aromatic N) is 1. The summed E-state index contributed by atoms with van der Waals surface area (Å²) in [4.78, 5) is 47.1. The molecule has 2 atom stereocenters. The number of imide groups is 1. The highest BCUT2D eigenvalue weighted by atomic mass is 32.2. The number of hydrogen-bond donors (Lipinski definition) is 2. The van der Waals surface area contributed by atoms with Crippen LogP contribution in [0.4, 0.5) is 0 Å². The van der Waals surface area contributed by atoms with Gasteiger partial charge in [0.05, 0.1) is 5.25 Å². The molecule has 0 saturated carbocycles. The van der Waals surface area contributed by atoms with Crippen LogP contribution in [-0.2, 0) is 19.2 Å². The first-order valence-electron chi connectivity index (χ1n) is 7.60. The molecule has 0 aromatic carbocycles. The number of nitrogens with one attached hydrogen (secondary N) is 1. The lowest BCUT2D eigenvalue weighted by atomic mass is 9.91. The van der Waals surface area contributed by atoms with Crippen molar-refractivity contribution in [1.29, 1.82) is 0 Å². The fraction of sp³-hybridized carbons (Fsp3) is 0.733. The number of hydrazine groups is 1. The van der Waals surface area contributed by atoms with E-state index in [0.717, 1.165) is 5.01 Å². The maximum absolute atomic E-state index is 12.2. The van der Waals surface area contributed by atoms with E-state index < -0.39 is 11.3 Å². The van der Waals surface area contributed by atoms with E-state index in [4.69, 9.17) is 5.84 Å². The first kappa shape index (κ1) is 19.6. The molecular weight excluding hydrogens is 318 g/mol. The second kappa shape index (κ2) is 7.92. The standard InChI is InChI=1S/C15H25N3O4S/c1-5-10(19)9(18(16)13(21)7-15(2,3)4)8-23-11-6-12(20)17-14(11)22/h9,11H,5-8,16H2,1-4H3,(H,17,20,22)/t9-,11?/m0/s1. The molecule has 0 aromatic heterocycles. The van der Waals surface area contributed by atoms with Crippen molar-refractivity contribution in [3.63, 3.8) is 0 Å². The molecule has 1 unspecified atom stereocenters. The number of rotatable bonds is 7. The maximum Gasteiger partial charge on any atom is 0.240 e. The third kappa shape index (κ3) is 5.95. The van der Waals surface area contributed by atoms with E-state index in [1.807, 2.05) is 20.8 Å². The summed E-state index contributed by atoms with van der Waals surface area (Å²) in [6.45, 7) is 7.45. The van der Waals surface area contributed by atoms with E-state index in [9.17, 15) is 19.2 Å². The molecule has 23 heavy (non-hydrogen) atoms. The van der Waals surface area contributed by atoms with Crippen molar-refractivity contribution >= 4 is 35.3 Å². The van der Waals surface area contributed by atoms with Crippen LogP contribution in [0, 0.1) is 5.41 Å². The van der Waals surface area contributed by atoms with Crippen LogP contribution < -0.4 is 11.2 Å². The SMILES string of the molecule is CCC(=O)[C@H](CSC1CC(=O)NC1=O)N(N)C(=O)CC(C)(C)C. The van der Waals surface area contributed by atoms with Gasteiger partial charge in [0.1, 0.15) is 6.04 Å². The molecule has 0 aromatic rings. The van der Waals surface area contributed by atoms with Gasteiger partial charge in [0.15, 0.2) is 5.78 Å². The summed E-state index contributed by atoms with van der Waals surface area (Å²) in [6, 6.07) is -0.789. The maximum atomic E-state index is 12.2. The zero-order valence-corrected chi connectivity index (χ0v) is 14.9. The van der Waals surface area contributed by atoms with Crippen LogP contribution in [0.1, 0.15) is 47.0 Å². The molecule has 1 saturated heterocycles. The summed E-state index contributed by atoms with van der Waals surface area (Å²) in [6.07, 6.45) is 0.568. The Morgan fingerprint density at radius 1 is 1.39 bits per heavy atom. The van der Waals surface area contributed by atoms with Crippen molar-refractivity contribution in [2.75, 3.05) is 5.75 Å². The molecule has 3 N–H and O–H groups in total. The summed E-state index contributed by atoms with van der Waals surface area (Å²) in [5.41, 5.74) is -0.237. The lowest BCUT2D eigenvalue weighted by Crippen LogP contribution is -2.51. The fourth-order valence-electron chi connectivity index (χ4n) is 2.15. The molecule has 1 fully saturated rings. The van der Waals surface area contributed by atoms with Gasteiger partial charge in [-0.1, -0.05) is 27.7 Å². The third-order valence-corrected chi connectivity index (χ3v) is 4.70. The third-order valence-electron chi connectivity index (χ3n) is 3.41. The highest BCUT2D eigenvalue weighted by molar-refractivity contribution is 8.00. The molecule has 0 bridgehead atoms. The van der Waals surface area contributed by atoms with Crippen molar-refractivity contribution in [1.82, 2.24) is 10.3 Å². The van der Waals surface area contributed by atoms with Crippen molar-refractivity contribution in [2.45, 2.75) is 58.2 Å². The molecule has 3 amide bonds. The number of ketones is 1. The number of hydrogen-bond acceptors (Lipinski definition) is 6. The van der Waals surface area contributed by atoms with Crippen LogP contribution >= 0.6 is 11.8 Å². The molecule has 8 heteroatoms. The monoisotopic (exact) mass is 343 g/mol. The average Bonchev–Trinajstić information content (AvgIpc) is 2.74. The van der Waals surface area contributed by atoms with Crippen LogP contribution in [0.2, 0.25) is 0 Å². The van der Waals surface area contributed by atoms with E-state index in [2.05, 4.69) is 5.32 Å². The lowest BCUT2D eigenvalue weighted by Gasteiger charge is -2.29. The molecule has 7 nitrogen and oxygen atoms in total. The van der Waals surface area contributed by atoms with Crippen molar-refractivity contribution < 1.29 is 19.2 Å². The van der Waals surface area contributed by atoms with E-state index >= 15 is 0 Å². The Morgan fingerprint density at radius 3 is 2.43 bits per heavy atom. The van der Waals surface area contributed by atoms with Crippen molar-refractivity contribution in [3.05, 3.63) is 0 Å². The number of carbonyl (C=O) groups is 4. The highest BCUT2D eigenvalue weighted by Gasteiger charge is 2.34. The van der Waals surface area contributed by atoms with Gasteiger partial charge in [-0.05, 0) is 5.41 Å². The number of nitrogens with two attached hydrogens (primary N) is 1. The van der Waals surface area contributed by atoms with E-state index in [1.54, 1.807) is 6.92 Å². The van der Waals surface area contributed by atoms with Gasteiger partial charge < -0.3 is 0 Å². The fourth-order valence-corrected chi connectivity index (χ4v) is 3.40. The predicted octanol–water partition coefficient (Wildman–Crippen LogP) is 0.621. The Bertz CT molecular complexity index is 501. The largest absolute Gasteiger partial charge is 0.297 e. The second-order valence-electron chi connectivity index (χ2n) is 6.81. The van der Waals surface area contributed by atoms with Gasteiger partial charge >= 0.3 is 0 Å². The van der Waals surface area contributed by atoms with Gasteiger partial charge in [0.25, 0.3) is 0 Å². The van der Waals surface area contributed by atoms with E-state index in [0.29, 0.717) is 0 Å². The van der Waals surface area contributed by atoms with Crippen LogP contribution in [0.3, 0.4) is 0 Å². The van der Waals surface area contributed by atoms with E-state index in [1.165, 1.54) is 11.8 Å². The minimum atomic E-state index is -0.789. The van der Waals surface area contributed by atoms with Gasteiger partial charge in [-0.2, -0.15) is 0 Å². The van der Waals surface area contributed by atoms with Gasteiger partial charge in [0, 0.05) is 25.0 Å². The van der Waals surface area contributed by atoms with Crippen LogP contribution in [-0.4, -0.2) is 45.6 Å². The first-order valence-corrected chi connectivity index (χ1v) is 8.64. The average molecular weight is 343 g/mol. The van der Waals surface area contributed by atoms with E-state index in [-0.39, 0.29) is 53.9 Å². The first-order chi connectivity index (χ1) is 10.5. The Kier molecular flexibility index (Phi) is 6.76. The Morgan fingerprint density at radius 2 is 2.00 bits per heavy atom. The van der Waals surface area contributed by atoms with Crippen molar-refractivity contribution in [3.8, 4) is 0 Å². The molecule has 130 valence electrons. The summed E-state index contributed by atoms with van der Waals surface area (Å²) < 4.78 is 0. The quantitative estimate of drug-likeness (QED) is 0.303. The number of thioether (sulfide) groups is 1. The molecule has 0 radical (unpaired) electrons. The predicted molar refractivity (Wildman–Crippen MR) is 88.2 cm³/mol. The molecule has 1 rings (SSSR count). The minimum Gasteiger partial charge on any atom is -0.297 e. The van der Waals surface area contributed by atoms with Crippen molar-refractivity contribution in [2.24, 2.45) is 11.3 Å². The highest BCUT2D eigenvalue weighted by Crippen LogP contribution is 2.24.